The molecule has 1 amide bonds. The quantitative estimate of drug-likeness (QED) is 0.815. The second-order valence-corrected chi connectivity index (χ2v) is 8.70. The number of ether oxygens (including phenoxy) is 3. The third-order valence-corrected chi connectivity index (χ3v) is 6.66. The first-order valence-corrected chi connectivity index (χ1v) is 11.1. The normalized spacial score (nSPS) is 25.8. The molecule has 0 unspecified atom stereocenters. The molecule has 0 bridgehead atoms. The van der Waals surface area contributed by atoms with Gasteiger partial charge in [-0.05, 0) is 31.0 Å². The van der Waals surface area contributed by atoms with Gasteiger partial charge >= 0.3 is 0 Å². The molecule has 0 radical (unpaired) electrons. The fourth-order valence-electron chi connectivity index (χ4n) is 5.26. The SMILES string of the molecule is COc1cc2c(cc1CN1C[C@@H](c3ccccn3)[C@@]3(CCCCC(=O)N3)C1)OCCO2. The molecule has 31 heavy (non-hydrogen) atoms. The van der Waals surface area contributed by atoms with E-state index in [1.165, 1.54) is 0 Å². The second-order valence-electron chi connectivity index (χ2n) is 8.70. The standard InChI is InChI=1S/C24H29N3O4/c1-29-20-13-22-21(30-10-11-31-22)12-17(20)14-27-15-18(19-6-3-5-9-25-19)24(16-27)8-4-2-7-23(28)26-24/h3,5-6,9,12-13,18H,2,4,7-8,10-11,14-16H2,1H3,(H,26,28)/t18-,24+/m0/s1. The number of carbonyl (C=O) groups is 1. The summed E-state index contributed by atoms with van der Waals surface area (Å²) in [5.74, 6) is 2.59. The smallest absolute Gasteiger partial charge is 0.220 e. The first kappa shape index (κ1) is 20.1. The Morgan fingerprint density at radius 1 is 1.23 bits per heavy atom. The molecule has 2 atom stereocenters. The van der Waals surface area contributed by atoms with Gasteiger partial charge in [0.25, 0.3) is 0 Å². The number of nitrogens with zero attached hydrogens (tertiary/aromatic N) is 2. The maximum Gasteiger partial charge on any atom is 0.220 e. The minimum absolute atomic E-state index is 0.150. The molecule has 1 aromatic carbocycles. The van der Waals surface area contributed by atoms with Gasteiger partial charge in [-0.3, -0.25) is 14.7 Å². The number of fused-ring (bicyclic) bond motifs is 1. The van der Waals surface area contributed by atoms with Crippen LogP contribution in [0.1, 0.15) is 42.9 Å². The number of hydrogen-bond acceptors (Lipinski definition) is 6. The van der Waals surface area contributed by atoms with Gasteiger partial charge in [-0.1, -0.05) is 12.5 Å². The molecule has 2 fully saturated rings. The molecule has 0 aliphatic carbocycles. The number of hydrogen-bond donors (Lipinski definition) is 1. The molecule has 7 nitrogen and oxygen atoms in total. The number of likely N-dealkylation sites (tertiary alicyclic amines) is 1. The van der Waals surface area contributed by atoms with Crippen LogP contribution in [0.5, 0.6) is 17.2 Å². The summed E-state index contributed by atoms with van der Waals surface area (Å²) in [6.45, 7) is 3.43. The van der Waals surface area contributed by atoms with Crippen LogP contribution < -0.4 is 19.5 Å². The minimum Gasteiger partial charge on any atom is -0.496 e. The average molecular weight is 424 g/mol. The van der Waals surface area contributed by atoms with Crippen LogP contribution in [0.2, 0.25) is 0 Å². The van der Waals surface area contributed by atoms with Crippen molar-refractivity contribution in [2.24, 2.45) is 0 Å². The maximum atomic E-state index is 12.5. The van der Waals surface area contributed by atoms with E-state index in [9.17, 15) is 4.79 Å². The lowest BCUT2D eigenvalue weighted by molar-refractivity contribution is -0.122. The minimum atomic E-state index is -0.289. The lowest BCUT2D eigenvalue weighted by atomic mass is 9.81. The van der Waals surface area contributed by atoms with Crippen LogP contribution >= 0.6 is 0 Å². The van der Waals surface area contributed by atoms with Crippen LogP contribution in [0.15, 0.2) is 36.5 Å². The number of amides is 1. The number of methoxy groups -OCH3 is 1. The third-order valence-electron chi connectivity index (χ3n) is 6.66. The van der Waals surface area contributed by atoms with Gasteiger partial charge in [-0.15, -0.1) is 0 Å². The van der Waals surface area contributed by atoms with Crippen LogP contribution in [0.4, 0.5) is 0 Å². The highest BCUT2D eigenvalue weighted by atomic mass is 16.6. The predicted molar refractivity (Wildman–Crippen MR) is 116 cm³/mol. The Bertz CT molecular complexity index is 951. The highest BCUT2D eigenvalue weighted by Crippen LogP contribution is 2.42. The molecule has 3 aliphatic heterocycles. The molecule has 7 heteroatoms. The first-order valence-electron chi connectivity index (χ1n) is 11.1. The summed E-state index contributed by atoms with van der Waals surface area (Å²) in [6.07, 6.45) is 5.40. The van der Waals surface area contributed by atoms with Crippen LogP contribution in [0.25, 0.3) is 0 Å². The summed E-state index contributed by atoms with van der Waals surface area (Å²) < 4.78 is 17.2. The van der Waals surface area contributed by atoms with E-state index in [2.05, 4.69) is 21.3 Å². The Balaban J connectivity index is 1.45. The zero-order valence-electron chi connectivity index (χ0n) is 17.9. The van der Waals surface area contributed by atoms with Gasteiger partial charge in [0.15, 0.2) is 11.5 Å². The molecule has 1 aromatic heterocycles. The number of benzene rings is 1. The lowest BCUT2D eigenvalue weighted by Crippen LogP contribution is -2.52. The highest BCUT2D eigenvalue weighted by molar-refractivity contribution is 5.77. The molecule has 1 spiro atoms. The molecule has 4 heterocycles. The summed E-state index contributed by atoms with van der Waals surface area (Å²) >= 11 is 0. The van der Waals surface area contributed by atoms with Crippen LogP contribution in [0.3, 0.4) is 0 Å². The molecule has 1 N–H and O–H groups in total. The summed E-state index contributed by atoms with van der Waals surface area (Å²) in [7, 11) is 1.68. The maximum absolute atomic E-state index is 12.5. The van der Waals surface area contributed by atoms with Crippen molar-refractivity contribution in [1.29, 1.82) is 0 Å². The fraction of sp³-hybridized carbons (Fsp3) is 0.500. The number of nitrogens with one attached hydrogen (secondary N) is 1. The molecule has 5 rings (SSSR count). The Morgan fingerprint density at radius 2 is 2.06 bits per heavy atom. The van der Waals surface area contributed by atoms with E-state index in [4.69, 9.17) is 14.2 Å². The van der Waals surface area contributed by atoms with Crippen LogP contribution in [0, 0.1) is 0 Å². The Hall–Kier alpha value is -2.80. The molecule has 0 saturated carbocycles. The van der Waals surface area contributed by atoms with Crippen molar-refractivity contribution in [1.82, 2.24) is 15.2 Å². The van der Waals surface area contributed by atoms with Gasteiger partial charge in [-0.25, -0.2) is 0 Å². The summed E-state index contributed by atoms with van der Waals surface area (Å²) in [4.78, 5) is 19.6. The largest absolute Gasteiger partial charge is 0.496 e. The second kappa shape index (κ2) is 8.38. The van der Waals surface area contributed by atoms with Gasteiger partial charge in [-0.2, -0.15) is 0 Å². The number of aromatic nitrogens is 1. The van der Waals surface area contributed by atoms with Crippen LogP contribution in [-0.2, 0) is 11.3 Å². The van der Waals surface area contributed by atoms with Crippen molar-refractivity contribution in [3.05, 3.63) is 47.8 Å². The topological polar surface area (TPSA) is 72.9 Å². The number of pyridine rings is 1. The Morgan fingerprint density at radius 3 is 2.84 bits per heavy atom. The monoisotopic (exact) mass is 423 g/mol. The third kappa shape index (κ3) is 3.94. The summed E-state index contributed by atoms with van der Waals surface area (Å²) in [5.41, 5.74) is 1.81. The van der Waals surface area contributed by atoms with Gasteiger partial charge < -0.3 is 19.5 Å². The van der Waals surface area contributed by atoms with Crippen LogP contribution in [-0.4, -0.2) is 54.7 Å². The van der Waals surface area contributed by atoms with E-state index in [0.717, 1.165) is 60.9 Å². The molecular formula is C24H29N3O4. The molecule has 2 saturated heterocycles. The van der Waals surface area contributed by atoms with E-state index in [1.54, 1.807) is 7.11 Å². The van der Waals surface area contributed by atoms with Crippen molar-refractivity contribution in [2.75, 3.05) is 33.4 Å². The van der Waals surface area contributed by atoms with Gasteiger partial charge in [0, 0.05) is 55.5 Å². The van der Waals surface area contributed by atoms with E-state index in [-0.39, 0.29) is 17.4 Å². The zero-order chi connectivity index (χ0) is 21.3. The number of carbonyl (C=O) groups excluding carboxylic acids is 1. The Labute approximate surface area is 182 Å². The highest BCUT2D eigenvalue weighted by Gasteiger charge is 2.49. The van der Waals surface area contributed by atoms with Gasteiger partial charge in [0.05, 0.1) is 12.6 Å². The molecular weight excluding hydrogens is 394 g/mol. The van der Waals surface area contributed by atoms with Crippen molar-refractivity contribution < 1.29 is 19.0 Å². The van der Waals surface area contributed by atoms with Crippen molar-refractivity contribution in [2.45, 2.75) is 43.7 Å². The molecule has 2 aromatic rings. The van der Waals surface area contributed by atoms with E-state index < -0.39 is 0 Å². The zero-order valence-corrected chi connectivity index (χ0v) is 17.9. The lowest BCUT2D eigenvalue weighted by Gasteiger charge is -2.34. The van der Waals surface area contributed by atoms with E-state index in [0.29, 0.717) is 26.2 Å². The first-order chi connectivity index (χ1) is 15.2. The number of rotatable bonds is 4. The van der Waals surface area contributed by atoms with Crippen molar-refractivity contribution in [3.8, 4) is 17.2 Å². The van der Waals surface area contributed by atoms with Gasteiger partial charge in [0.1, 0.15) is 19.0 Å². The summed E-state index contributed by atoms with van der Waals surface area (Å²) in [6, 6.07) is 9.99. The van der Waals surface area contributed by atoms with E-state index >= 15 is 0 Å². The van der Waals surface area contributed by atoms with Crippen molar-refractivity contribution in [3.63, 3.8) is 0 Å². The molecule has 164 valence electrons. The summed E-state index contributed by atoms with van der Waals surface area (Å²) in [5, 5.41) is 3.40. The Kier molecular flexibility index (Phi) is 5.44. The van der Waals surface area contributed by atoms with Crippen molar-refractivity contribution >= 4 is 5.91 Å². The predicted octanol–water partition coefficient (Wildman–Crippen LogP) is 2.89. The molecule has 3 aliphatic rings. The fourth-order valence-corrected chi connectivity index (χ4v) is 5.26. The average Bonchev–Trinajstić information content (AvgIpc) is 3.02. The van der Waals surface area contributed by atoms with Gasteiger partial charge in [0.2, 0.25) is 5.91 Å². The van der Waals surface area contributed by atoms with E-state index in [1.807, 2.05) is 30.5 Å².